The number of benzene rings is 5. The van der Waals surface area contributed by atoms with E-state index >= 15 is 0 Å². The molecule has 6 heteroatoms. The van der Waals surface area contributed by atoms with Crippen LogP contribution in [-0.2, 0) is 25.2 Å². The molecule has 0 aliphatic carbocycles. The zero-order valence-corrected chi connectivity index (χ0v) is 29.4. The first-order valence-corrected chi connectivity index (χ1v) is 17.3. The molecule has 254 valence electrons. The van der Waals surface area contributed by atoms with E-state index in [0.29, 0.717) is 19.8 Å². The lowest BCUT2D eigenvalue weighted by Gasteiger charge is -2.36. The minimum atomic E-state index is -0.828. The zero-order valence-electron chi connectivity index (χ0n) is 28.7. The fourth-order valence-electron chi connectivity index (χ4n) is 6.36. The van der Waals surface area contributed by atoms with Crippen LogP contribution in [0.3, 0.4) is 0 Å². The Morgan fingerprint density at radius 3 is 1.51 bits per heavy atom. The van der Waals surface area contributed by atoms with Crippen molar-refractivity contribution in [3.63, 3.8) is 0 Å². The average molecular weight is 677 g/mol. The molecular formula is C43H45ClO5. The first kappa shape index (κ1) is 34.7. The Kier molecular flexibility index (Phi) is 10.8. The molecule has 2 atom stereocenters. The maximum atomic E-state index is 6.89. The number of rotatable bonds is 14. The van der Waals surface area contributed by atoms with Crippen molar-refractivity contribution in [3.05, 3.63) is 167 Å². The van der Waals surface area contributed by atoms with Crippen LogP contribution in [0.1, 0.15) is 55.5 Å². The lowest BCUT2D eigenvalue weighted by atomic mass is 9.78. The highest BCUT2D eigenvalue weighted by Crippen LogP contribution is 2.41. The SMILES string of the molecule is CC1(C)OC[C@H](COc2ccc(C(C)(C)c3ccc(OCC(Cl)COC(c4ccccc4)(c4ccccc4)c4ccccc4)cc3)cc2)O1. The summed E-state index contributed by atoms with van der Waals surface area (Å²) < 4.78 is 30.5. The standard InChI is InChI=1S/C43H45ClO5/c1-41(2,33-22-26-39(27-23-33)46-30-40-31-47-42(3,4)49-40)32-20-24-38(25-21-32)45-28-37(44)29-48-43(34-14-8-5-9-15-34,35-16-10-6-11-17-35)36-18-12-7-13-19-36/h5-27,37,40H,28-31H2,1-4H3/t37?,40-/m0/s1. The molecule has 49 heavy (non-hydrogen) atoms. The molecule has 6 rings (SSSR count). The Labute approximate surface area is 295 Å². The molecule has 0 saturated carbocycles. The Morgan fingerprint density at radius 1 is 0.633 bits per heavy atom. The summed E-state index contributed by atoms with van der Waals surface area (Å²) in [4.78, 5) is 0. The van der Waals surface area contributed by atoms with Gasteiger partial charge >= 0.3 is 0 Å². The monoisotopic (exact) mass is 676 g/mol. The summed E-state index contributed by atoms with van der Waals surface area (Å²) in [5, 5.41) is -0.383. The van der Waals surface area contributed by atoms with Gasteiger partial charge in [0.25, 0.3) is 0 Å². The average Bonchev–Trinajstić information content (AvgIpc) is 3.50. The van der Waals surface area contributed by atoms with Crippen LogP contribution in [0.4, 0.5) is 0 Å². The Bertz CT molecular complexity index is 1640. The first-order chi connectivity index (χ1) is 23.7. The van der Waals surface area contributed by atoms with E-state index in [1.807, 2.05) is 92.7 Å². The second-order valence-corrected chi connectivity index (χ2v) is 14.1. The van der Waals surface area contributed by atoms with Gasteiger partial charge in [-0.15, -0.1) is 11.6 Å². The third kappa shape index (κ3) is 8.20. The van der Waals surface area contributed by atoms with Crippen molar-refractivity contribution in [2.24, 2.45) is 0 Å². The topological polar surface area (TPSA) is 46.2 Å². The van der Waals surface area contributed by atoms with Gasteiger partial charge in [0.15, 0.2) is 5.79 Å². The molecule has 0 radical (unpaired) electrons. The summed E-state index contributed by atoms with van der Waals surface area (Å²) >= 11 is 6.89. The Morgan fingerprint density at radius 2 is 1.08 bits per heavy atom. The van der Waals surface area contributed by atoms with Crippen LogP contribution in [0.5, 0.6) is 11.5 Å². The highest BCUT2D eigenvalue weighted by Gasteiger charge is 2.38. The smallest absolute Gasteiger partial charge is 0.163 e. The van der Waals surface area contributed by atoms with E-state index in [9.17, 15) is 0 Å². The number of alkyl halides is 1. The summed E-state index contributed by atoms with van der Waals surface area (Å²) in [6.07, 6.45) is -0.0696. The predicted octanol–water partition coefficient (Wildman–Crippen LogP) is 9.54. The van der Waals surface area contributed by atoms with Crippen molar-refractivity contribution in [2.75, 3.05) is 26.4 Å². The quantitative estimate of drug-likeness (QED) is 0.0866. The van der Waals surface area contributed by atoms with Gasteiger partial charge in [-0.25, -0.2) is 0 Å². The second-order valence-electron chi connectivity index (χ2n) is 13.4. The normalized spacial score (nSPS) is 16.6. The molecule has 5 nitrogen and oxygen atoms in total. The van der Waals surface area contributed by atoms with E-state index in [0.717, 1.165) is 28.2 Å². The van der Waals surface area contributed by atoms with Gasteiger partial charge in [0.1, 0.15) is 36.4 Å². The summed E-state index contributed by atoms with van der Waals surface area (Å²) in [5.74, 6) is 1.02. The highest BCUT2D eigenvalue weighted by atomic mass is 35.5. The van der Waals surface area contributed by atoms with Crippen LogP contribution in [0.25, 0.3) is 0 Å². The minimum Gasteiger partial charge on any atom is -0.492 e. The third-order valence-electron chi connectivity index (χ3n) is 9.11. The van der Waals surface area contributed by atoms with Crippen molar-refractivity contribution in [1.29, 1.82) is 0 Å². The van der Waals surface area contributed by atoms with Crippen LogP contribution in [0.15, 0.2) is 140 Å². The molecule has 0 amide bonds. The lowest BCUT2D eigenvalue weighted by Crippen LogP contribution is -2.35. The van der Waals surface area contributed by atoms with Crippen LogP contribution in [0, 0.1) is 0 Å². The molecule has 1 saturated heterocycles. The predicted molar refractivity (Wildman–Crippen MR) is 196 cm³/mol. The van der Waals surface area contributed by atoms with Crippen molar-refractivity contribution < 1.29 is 23.7 Å². The van der Waals surface area contributed by atoms with Gasteiger partial charge in [0, 0.05) is 5.41 Å². The number of ether oxygens (including phenoxy) is 5. The number of halogens is 1. The van der Waals surface area contributed by atoms with Gasteiger partial charge < -0.3 is 23.7 Å². The maximum Gasteiger partial charge on any atom is 0.163 e. The molecule has 1 aliphatic rings. The summed E-state index contributed by atoms with van der Waals surface area (Å²) in [7, 11) is 0. The van der Waals surface area contributed by atoms with Gasteiger partial charge in [-0.3, -0.25) is 0 Å². The molecule has 0 N–H and O–H groups in total. The van der Waals surface area contributed by atoms with E-state index in [-0.39, 0.29) is 23.5 Å². The second kappa shape index (κ2) is 15.2. The van der Waals surface area contributed by atoms with Crippen molar-refractivity contribution in [2.45, 2.75) is 56.0 Å². The lowest BCUT2D eigenvalue weighted by molar-refractivity contribution is -0.141. The Balaban J connectivity index is 1.08. The molecule has 0 spiro atoms. The Hall–Kier alpha value is -4.13. The van der Waals surface area contributed by atoms with Crippen LogP contribution in [-0.4, -0.2) is 43.7 Å². The summed E-state index contributed by atoms with van der Waals surface area (Å²) in [6.45, 7) is 9.85. The highest BCUT2D eigenvalue weighted by molar-refractivity contribution is 6.20. The molecule has 1 fully saturated rings. The van der Waals surface area contributed by atoms with Crippen molar-refractivity contribution >= 4 is 11.6 Å². The summed E-state index contributed by atoms with van der Waals surface area (Å²) in [6, 6.07) is 47.4. The third-order valence-corrected chi connectivity index (χ3v) is 9.36. The summed E-state index contributed by atoms with van der Waals surface area (Å²) in [5.41, 5.74) is 4.43. The largest absolute Gasteiger partial charge is 0.492 e. The molecule has 1 heterocycles. The molecule has 0 bridgehead atoms. The fourth-order valence-corrected chi connectivity index (χ4v) is 6.48. The number of hydrogen-bond acceptors (Lipinski definition) is 5. The molecular weight excluding hydrogens is 632 g/mol. The molecule has 1 unspecified atom stereocenters. The molecule has 5 aromatic rings. The van der Waals surface area contributed by atoms with E-state index in [2.05, 4.69) is 74.5 Å². The van der Waals surface area contributed by atoms with E-state index in [1.54, 1.807) is 0 Å². The van der Waals surface area contributed by atoms with E-state index in [4.69, 9.17) is 35.3 Å². The van der Waals surface area contributed by atoms with Crippen LogP contribution in [0.2, 0.25) is 0 Å². The maximum absolute atomic E-state index is 6.89. The molecule has 5 aromatic carbocycles. The number of hydrogen-bond donors (Lipinski definition) is 0. The first-order valence-electron chi connectivity index (χ1n) is 16.9. The van der Waals surface area contributed by atoms with Gasteiger partial charge in [-0.2, -0.15) is 0 Å². The minimum absolute atomic E-state index is 0.0696. The van der Waals surface area contributed by atoms with Crippen molar-refractivity contribution in [1.82, 2.24) is 0 Å². The molecule has 1 aliphatic heterocycles. The van der Waals surface area contributed by atoms with Crippen LogP contribution < -0.4 is 9.47 Å². The van der Waals surface area contributed by atoms with E-state index < -0.39 is 11.4 Å². The van der Waals surface area contributed by atoms with Gasteiger partial charge in [-0.05, 0) is 65.9 Å². The zero-order chi connectivity index (χ0) is 34.3. The van der Waals surface area contributed by atoms with Gasteiger partial charge in [0.2, 0.25) is 0 Å². The van der Waals surface area contributed by atoms with E-state index in [1.165, 1.54) is 11.1 Å². The fraction of sp³-hybridized carbons (Fsp3) is 0.302. The molecule has 0 aromatic heterocycles. The van der Waals surface area contributed by atoms with Gasteiger partial charge in [0.05, 0.1) is 18.6 Å². The van der Waals surface area contributed by atoms with Crippen LogP contribution >= 0.6 is 11.6 Å². The van der Waals surface area contributed by atoms with Gasteiger partial charge in [-0.1, -0.05) is 129 Å². The van der Waals surface area contributed by atoms with Crippen molar-refractivity contribution in [3.8, 4) is 11.5 Å².